The van der Waals surface area contributed by atoms with Crippen molar-refractivity contribution < 1.29 is 26.6 Å². The van der Waals surface area contributed by atoms with Crippen molar-refractivity contribution in [3.8, 4) is 0 Å². The number of hydrogen-bond donors (Lipinski definition) is 1. The first kappa shape index (κ1) is 9.66. The van der Waals surface area contributed by atoms with Crippen molar-refractivity contribution in [2.24, 2.45) is 0 Å². The van der Waals surface area contributed by atoms with E-state index < -0.39 is 6.29 Å². The Bertz CT molecular complexity index is 22.8. The molecule has 0 aliphatic carbocycles. The number of aliphatic hydroxyl groups is 1. The second-order valence-corrected chi connectivity index (χ2v) is 0.835. The molecule has 0 aromatic carbocycles. The van der Waals surface area contributed by atoms with E-state index in [1.807, 2.05) is 0 Å². The molecule has 1 N–H and O–H groups in total. The molecule has 0 rings (SSSR count). The second kappa shape index (κ2) is 5.43. The summed E-state index contributed by atoms with van der Waals surface area (Å²) < 4.78 is 4.31. The van der Waals surface area contributed by atoms with Gasteiger partial charge in [0.1, 0.15) is 0 Å². The zero-order valence-electron chi connectivity index (χ0n) is 3.77. The minimum absolute atomic E-state index is 0. The Morgan fingerprint density at radius 2 is 1.83 bits per heavy atom. The Hall–Kier alpha value is 0.426. The van der Waals surface area contributed by atoms with Crippen LogP contribution in [-0.2, 0) is 21.5 Å². The summed E-state index contributed by atoms with van der Waals surface area (Å²) in [5.41, 5.74) is 0. The number of rotatable bonds is 1. The SMILES string of the molecule is COC(C)O.[Co]. The molecule has 0 bridgehead atoms. The molecule has 2 nitrogen and oxygen atoms in total. The summed E-state index contributed by atoms with van der Waals surface area (Å²) in [5, 5.41) is 8.14. The summed E-state index contributed by atoms with van der Waals surface area (Å²) in [4.78, 5) is 0. The molecule has 3 heteroatoms. The van der Waals surface area contributed by atoms with Crippen molar-refractivity contribution in [3.63, 3.8) is 0 Å². The molecule has 0 heterocycles. The average molecular weight is 135 g/mol. The maximum atomic E-state index is 8.14. The monoisotopic (exact) mass is 135 g/mol. The van der Waals surface area contributed by atoms with Crippen LogP contribution in [-0.4, -0.2) is 18.5 Å². The van der Waals surface area contributed by atoms with E-state index in [2.05, 4.69) is 4.74 Å². The zero-order valence-corrected chi connectivity index (χ0v) is 4.81. The Labute approximate surface area is 47.7 Å². The van der Waals surface area contributed by atoms with Crippen LogP contribution in [0.5, 0.6) is 0 Å². The average Bonchev–Trinajstić information content (AvgIpc) is 1.38. The van der Waals surface area contributed by atoms with Crippen molar-refractivity contribution in [2.75, 3.05) is 7.11 Å². The molecule has 0 saturated heterocycles. The first-order chi connectivity index (χ1) is 2.27. The number of methoxy groups -OCH3 is 1. The quantitative estimate of drug-likeness (QED) is 0.511. The third-order valence-corrected chi connectivity index (χ3v) is 0.341. The van der Waals surface area contributed by atoms with Gasteiger partial charge in [0.05, 0.1) is 0 Å². The van der Waals surface area contributed by atoms with Crippen molar-refractivity contribution >= 4 is 0 Å². The summed E-state index contributed by atoms with van der Waals surface area (Å²) in [6.45, 7) is 1.56. The summed E-state index contributed by atoms with van der Waals surface area (Å²) in [7, 11) is 1.45. The van der Waals surface area contributed by atoms with Crippen LogP contribution in [0.15, 0.2) is 0 Å². The smallest absolute Gasteiger partial charge is 0.151 e. The fourth-order valence-electron chi connectivity index (χ4n) is 0. The minimum Gasteiger partial charge on any atom is -0.368 e. The van der Waals surface area contributed by atoms with Gasteiger partial charge in [-0.3, -0.25) is 0 Å². The summed E-state index contributed by atoms with van der Waals surface area (Å²) in [6, 6.07) is 0. The summed E-state index contributed by atoms with van der Waals surface area (Å²) in [5.74, 6) is 0. The third-order valence-electron chi connectivity index (χ3n) is 0.341. The van der Waals surface area contributed by atoms with Gasteiger partial charge in [-0.15, -0.1) is 0 Å². The topological polar surface area (TPSA) is 29.5 Å². The molecule has 1 unspecified atom stereocenters. The predicted octanol–water partition coefficient (Wildman–Crippen LogP) is -0.0314. The second-order valence-electron chi connectivity index (χ2n) is 0.835. The fraction of sp³-hybridized carbons (Fsp3) is 1.00. The van der Waals surface area contributed by atoms with E-state index in [0.29, 0.717) is 0 Å². The maximum Gasteiger partial charge on any atom is 0.151 e. The van der Waals surface area contributed by atoms with Crippen LogP contribution in [0, 0.1) is 0 Å². The van der Waals surface area contributed by atoms with Crippen LogP contribution in [0.4, 0.5) is 0 Å². The van der Waals surface area contributed by atoms with E-state index in [1.165, 1.54) is 7.11 Å². The molecule has 0 saturated carbocycles. The molecule has 0 aliphatic heterocycles. The Morgan fingerprint density at radius 1 is 1.67 bits per heavy atom. The van der Waals surface area contributed by atoms with Gasteiger partial charge in [-0.05, 0) is 6.92 Å². The van der Waals surface area contributed by atoms with Gasteiger partial charge in [0.2, 0.25) is 0 Å². The van der Waals surface area contributed by atoms with Gasteiger partial charge in [0.25, 0.3) is 0 Å². The Morgan fingerprint density at radius 3 is 1.83 bits per heavy atom. The van der Waals surface area contributed by atoms with Crippen LogP contribution in [0.3, 0.4) is 0 Å². The number of hydrogen-bond acceptors (Lipinski definition) is 2. The summed E-state index contributed by atoms with van der Waals surface area (Å²) in [6.07, 6.45) is -0.616. The van der Waals surface area contributed by atoms with Crippen LogP contribution < -0.4 is 0 Å². The molecule has 0 aliphatic rings. The van der Waals surface area contributed by atoms with Crippen molar-refractivity contribution in [1.29, 1.82) is 0 Å². The minimum atomic E-state index is -0.616. The Balaban J connectivity index is 0. The predicted molar refractivity (Wildman–Crippen MR) is 18.7 cm³/mol. The fourth-order valence-corrected chi connectivity index (χ4v) is 0. The van der Waals surface area contributed by atoms with Gasteiger partial charge in [-0.1, -0.05) is 0 Å². The van der Waals surface area contributed by atoms with E-state index in [4.69, 9.17) is 5.11 Å². The third kappa shape index (κ3) is 8.83. The molecule has 0 aromatic rings. The molecule has 1 atom stereocenters. The maximum absolute atomic E-state index is 8.14. The van der Waals surface area contributed by atoms with Gasteiger partial charge in [0, 0.05) is 23.9 Å². The van der Waals surface area contributed by atoms with E-state index in [9.17, 15) is 0 Å². The zero-order chi connectivity index (χ0) is 4.28. The van der Waals surface area contributed by atoms with Crippen LogP contribution in [0.2, 0.25) is 0 Å². The molecule has 0 amide bonds. The molecule has 41 valence electrons. The van der Waals surface area contributed by atoms with E-state index in [0.717, 1.165) is 0 Å². The van der Waals surface area contributed by atoms with Crippen LogP contribution in [0.1, 0.15) is 6.92 Å². The molecule has 1 radical (unpaired) electrons. The van der Waals surface area contributed by atoms with E-state index >= 15 is 0 Å². The van der Waals surface area contributed by atoms with Crippen LogP contribution in [0.25, 0.3) is 0 Å². The molecule has 0 fully saturated rings. The molecule has 0 spiro atoms. The van der Waals surface area contributed by atoms with Gasteiger partial charge in [-0.25, -0.2) is 0 Å². The molecular weight excluding hydrogens is 127 g/mol. The largest absolute Gasteiger partial charge is 0.368 e. The van der Waals surface area contributed by atoms with Crippen molar-refractivity contribution in [1.82, 2.24) is 0 Å². The number of aliphatic hydroxyl groups excluding tert-OH is 1. The first-order valence-electron chi connectivity index (χ1n) is 1.48. The van der Waals surface area contributed by atoms with Gasteiger partial charge in [-0.2, -0.15) is 0 Å². The normalized spacial score (nSPS) is 12.5. The van der Waals surface area contributed by atoms with E-state index in [1.54, 1.807) is 6.92 Å². The van der Waals surface area contributed by atoms with Gasteiger partial charge in [0.15, 0.2) is 6.29 Å². The molecular formula is C3H8CoO2. The van der Waals surface area contributed by atoms with Crippen molar-refractivity contribution in [3.05, 3.63) is 0 Å². The first-order valence-corrected chi connectivity index (χ1v) is 1.48. The summed E-state index contributed by atoms with van der Waals surface area (Å²) >= 11 is 0. The standard InChI is InChI=1S/C3H8O2.Co/c1-3(4)5-2;/h3-4H,1-2H3;. The van der Waals surface area contributed by atoms with E-state index in [-0.39, 0.29) is 16.8 Å². The Kier molecular flexibility index (Phi) is 8.73. The molecule has 6 heavy (non-hydrogen) atoms. The van der Waals surface area contributed by atoms with Crippen LogP contribution >= 0.6 is 0 Å². The van der Waals surface area contributed by atoms with Crippen molar-refractivity contribution in [2.45, 2.75) is 13.2 Å². The number of ether oxygens (including phenoxy) is 1. The van der Waals surface area contributed by atoms with Gasteiger partial charge < -0.3 is 9.84 Å². The van der Waals surface area contributed by atoms with Gasteiger partial charge >= 0.3 is 0 Å². The molecule has 0 aromatic heterocycles.